The van der Waals surface area contributed by atoms with Crippen LogP contribution in [0.1, 0.15) is 0 Å². The highest BCUT2D eigenvalue weighted by molar-refractivity contribution is 7.80. The maximum Gasteiger partial charge on any atom is 0.244 e. The van der Waals surface area contributed by atoms with Crippen molar-refractivity contribution in [1.29, 1.82) is 0 Å². The van der Waals surface area contributed by atoms with Gasteiger partial charge in [0.1, 0.15) is 5.75 Å². The van der Waals surface area contributed by atoms with Gasteiger partial charge in [0.05, 0.1) is 5.69 Å². The molecule has 65 valence electrons. The Kier molecular flexibility index (Phi) is 1.82. The Hall–Kier alpha value is -1.69. The van der Waals surface area contributed by atoms with Gasteiger partial charge < -0.3 is 5.11 Å². The number of aromatic nitrogens is 4. The van der Waals surface area contributed by atoms with Gasteiger partial charge in [-0.05, 0) is 35.2 Å². The average molecular weight is 193 g/mol. The molecule has 0 saturated heterocycles. The van der Waals surface area contributed by atoms with E-state index in [4.69, 9.17) is 12.6 Å². The minimum absolute atomic E-state index is 0.155. The minimum Gasteiger partial charge on any atom is -0.508 e. The van der Waals surface area contributed by atoms with E-state index in [2.05, 4.69) is 15.5 Å². The van der Waals surface area contributed by atoms with Crippen LogP contribution in [0.5, 0.6) is 5.75 Å². The zero-order valence-corrected chi connectivity index (χ0v) is 7.27. The maximum absolute atomic E-state index is 9.19. The summed E-state index contributed by atoms with van der Waals surface area (Å²) in [6.07, 6.45) is 0. The highest BCUT2D eigenvalue weighted by atomic mass is 32.1. The number of phenolic OH excluding ortho intramolecular Hbond substituents is 1. The first-order valence-corrected chi connectivity index (χ1v) is 3.93. The number of tetrazole rings is 1. The first kappa shape index (κ1) is 7.93. The Morgan fingerprint density at radius 2 is 2.23 bits per heavy atom. The zero-order valence-electron chi connectivity index (χ0n) is 6.45. The SMILES string of the molecule is Oc1cccc(-n2nnnc2[S])c1. The third-order valence-electron chi connectivity index (χ3n) is 1.52. The first-order chi connectivity index (χ1) is 6.27. The van der Waals surface area contributed by atoms with Gasteiger partial charge in [0.15, 0.2) is 0 Å². The van der Waals surface area contributed by atoms with Crippen LogP contribution in [-0.4, -0.2) is 25.3 Å². The summed E-state index contributed by atoms with van der Waals surface area (Å²) in [7, 11) is 0. The summed E-state index contributed by atoms with van der Waals surface area (Å²) in [5.41, 5.74) is 0.648. The molecule has 13 heavy (non-hydrogen) atoms. The van der Waals surface area contributed by atoms with Crippen LogP contribution in [0, 0.1) is 0 Å². The lowest BCUT2D eigenvalue weighted by molar-refractivity contribution is 0.474. The topological polar surface area (TPSA) is 63.8 Å². The van der Waals surface area contributed by atoms with Crippen molar-refractivity contribution in [3.63, 3.8) is 0 Å². The van der Waals surface area contributed by atoms with Crippen LogP contribution in [0.25, 0.3) is 5.69 Å². The smallest absolute Gasteiger partial charge is 0.244 e. The second kappa shape index (κ2) is 2.98. The van der Waals surface area contributed by atoms with Gasteiger partial charge in [0, 0.05) is 6.07 Å². The molecule has 0 fully saturated rings. The average Bonchev–Trinajstić information content (AvgIpc) is 2.51. The fraction of sp³-hybridized carbons (Fsp3) is 0. The van der Waals surface area contributed by atoms with Crippen LogP contribution >= 0.6 is 12.6 Å². The summed E-state index contributed by atoms with van der Waals surface area (Å²) in [4.78, 5) is 0. The summed E-state index contributed by atoms with van der Waals surface area (Å²) >= 11 is 4.86. The highest BCUT2D eigenvalue weighted by Crippen LogP contribution is 2.15. The van der Waals surface area contributed by atoms with Gasteiger partial charge in [-0.3, -0.25) is 0 Å². The van der Waals surface area contributed by atoms with Crippen LogP contribution < -0.4 is 0 Å². The van der Waals surface area contributed by atoms with E-state index in [0.29, 0.717) is 5.69 Å². The molecule has 5 nitrogen and oxygen atoms in total. The molecule has 0 aliphatic rings. The van der Waals surface area contributed by atoms with E-state index in [1.54, 1.807) is 18.2 Å². The molecule has 0 saturated carbocycles. The molecule has 1 aromatic heterocycles. The normalized spacial score (nSPS) is 10.2. The van der Waals surface area contributed by atoms with Crippen molar-refractivity contribution < 1.29 is 5.11 Å². The summed E-state index contributed by atoms with van der Waals surface area (Å²) in [6.45, 7) is 0. The third-order valence-corrected chi connectivity index (χ3v) is 1.77. The lowest BCUT2D eigenvalue weighted by atomic mass is 10.3. The number of phenols is 1. The Morgan fingerprint density at radius 1 is 1.38 bits per heavy atom. The van der Waals surface area contributed by atoms with Gasteiger partial charge in [0.2, 0.25) is 5.16 Å². The van der Waals surface area contributed by atoms with Gasteiger partial charge >= 0.3 is 0 Å². The van der Waals surface area contributed by atoms with Crippen LogP contribution in [0.3, 0.4) is 0 Å². The van der Waals surface area contributed by atoms with Crippen molar-refractivity contribution in [1.82, 2.24) is 20.2 Å². The molecule has 0 atom stereocenters. The number of hydrogen-bond donors (Lipinski definition) is 1. The fourth-order valence-corrected chi connectivity index (χ4v) is 1.14. The summed E-state index contributed by atoms with van der Waals surface area (Å²) < 4.78 is 1.37. The molecule has 1 aromatic carbocycles. The van der Waals surface area contributed by atoms with E-state index in [0.717, 1.165) is 0 Å². The molecule has 1 N–H and O–H groups in total. The monoisotopic (exact) mass is 193 g/mol. The predicted molar refractivity (Wildman–Crippen MR) is 46.7 cm³/mol. The van der Waals surface area contributed by atoms with Gasteiger partial charge in [0.25, 0.3) is 0 Å². The first-order valence-electron chi connectivity index (χ1n) is 3.52. The molecule has 2 rings (SSSR count). The van der Waals surface area contributed by atoms with Gasteiger partial charge in [-0.2, -0.15) is 4.68 Å². The van der Waals surface area contributed by atoms with Crippen molar-refractivity contribution in [3.05, 3.63) is 24.3 Å². The summed E-state index contributed by atoms with van der Waals surface area (Å²) in [5, 5.41) is 20.1. The molecule has 0 unspecified atom stereocenters. The lowest BCUT2D eigenvalue weighted by Crippen LogP contribution is -1.96. The summed E-state index contributed by atoms with van der Waals surface area (Å²) in [5.74, 6) is 0.155. The zero-order chi connectivity index (χ0) is 9.26. The molecule has 6 heteroatoms. The van der Waals surface area contributed by atoms with Gasteiger partial charge in [-0.15, -0.1) is 0 Å². The second-order valence-electron chi connectivity index (χ2n) is 2.39. The van der Waals surface area contributed by atoms with Gasteiger partial charge in [-0.25, -0.2) is 0 Å². The van der Waals surface area contributed by atoms with Crippen molar-refractivity contribution in [2.24, 2.45) is 0 Å². The molecule has 0 aliphatic carbocycles. The fourth-order valence-electron chi connectivity index (χ4n) is 0.966. The van der Waals surface area contributed by atoms with E-state index in [9.17, 15) is 5.11 Å². The van der Waals surface area contributed by atoms with E-state index in [1.165, 1.54) is 10.7 Å². The third kappa shape index (κ3) is 1.43. The van der Waals surface area contributed by atoms with Crippen LogP contribution in [0.4, 0.5) is 0 Å². The molecular weight excluding hydrogens is 188 g/mol. The van der Waals surface area contributed by atoms with Crippen molar-refractivity contribution in [2.45, 2.75) is 5.16 Å². The Balaban J connectivity index is 2.53. The molecule has 0 bridgehead atoms. The van der Waals surface area contributed by atoms with Crippen molar-refractivity contribution in [3.8, 4) is 11.4 Å². The molecule has 1 radical (unpaired) electrons. The Morgan fingerprint density at radius 3 is 2.85 bits per heavy atom. The summed E-state index contributed by atoms with van der Waals surface area (Å²) in [6, 6.07) is 6.55. The molecule has 0 amide bonds. The van der Waals surface area contributed by atoms with Crippen molar-refractivity contribution >= 4 is 12.6 Å². The Bertz CT molecular complexity index is 428. The minimum atomic E-state index is 0.155. The standard InChI is InChI=1S/C7H5N4OS/c12-6-3-1-2-5(4-6)11-7(13)8-9-10-11/h1-4,12H. The number of hydrogen-bond acceptors (Lipinski definition) is 4. The van der Waals surface area contributed by atoms with E-state index < -0.39 is 0 Å². The molecule has 0 aliphatic heterocycles. The highest BCUT2D eigenvalue weighted by Gasteiger charge is 2.04. The predicted octanol–water partition coefficient (Wildman–Crippen LogP) is 0.924. The van der Waals surface area contributed by atoms with Crippen LogP contribution in [0.15, 0.2) is 29.4 Å². The molecule has 1 heterocycles. The van der Waals surface area contributed by atoms with Gasteiger partial charge in [-0.1, -0.05) is 11.2 Å². The van der Waals surface area contributed by atoms with Crippen molar-refractivity contribution in [2.75, 3.05) is 0 Å². The van der Waals surface area contributed by atoms with E-state index >= 15 is 0 Å². The molecular formula is C7H5N4OS. The largest absolute Gasteiger partial charge is 0.508 e. The Labute approximate surface area is 79.4 Å². The lowest BCUT2D eigenvalue weighted by Gasteiger charge is -1.99. The number of rotatable bonds is 1. The van der Waals surface area contributed by atoms with Crippen LogP contribution in [0.2, 0.25) is 0 Å². The number of aromatic hydroxyl groups is 1. The van der Waals surface area contributed by atoms with E-state index in [1.807, 2.05) is 0 Å². The molecule has 2 aromatic rings. The van der Waals surface area contributed by atoms with Crippen LogP contribution in [-0.2, 0) is 0 Å². The number of nitrogens with zero attached hydrogens (tertiary/aromatic N) is 4. The molecule has 0 spiro atoms. The second-order valence-corrected chi connectivity index (χ2v) is 2.76. The quantitative estimate of drug-likeness (QED) is 0.731. The maximum atomic E-state index is 9.19. The van der Waals surface area contributed by atoms with E-state index in [-0.39, 0.29) is 10.9 Å². The number of benzene rings is 1.